The van der Waals surface area contributed by atoms with Gasteiger partial charge in [-0.25, -0.2) is 0 Å². The Morgan fingerprint density at radius 1 is 1.03 bits per heavy atom. The molecule has 0 saturated heterocycles. The molecule has 0 fully saturated rings. The summed E-state index contributed by atoms with van der Waals surface area (Å²) in [5, 5.41) is 3.90. The topological polar surface area (TPSA) is 46.9 Å². The molecular weight excluding hydrogens is 427 g/mol. The lowest BCUT2D eigenvalue weighted by Crippen LogP contribution is -2.27. The van der Waals surface area contributed by atoms with E-state index in [2.05, 4.69) is 10.3 Å². The first-order valence-corrected chi connectivity index (χ1v) is 10.7. The summed E-state index contributed by atoms with van der Waals surface area (Å²) in [5.41, 5.74) is 2.75. The van der Waals surface area contributed by atoms with Crippen LogP contribution in [0.2, 0.25) is 0 Å². The van der Waals surface area contributed by atoms with Crippen molar-refractivity contribution in [3.63, 3.8) is 0 Å². The number of alkyl halides is 3. The molecule has 2 aromatic carbocycles. The highest BCUT2D eigenvalue weighted by Gasteiger charge is 2.31. The highest BCUT2D eigenvalue weighted by Crippen LogP contribution is 2.36. The number of carbonyl (C=O) groups excluding carboxylic acids is 1. The molecule has 1 atom stereocenters. The minimum atomic E-state index is -4.41. The maximum atomic E-state index is 13.1. The number of aromatic nitrogens is 2. The van der Waals surface area contributed by atoms with E-state index in [9.17, 15) is 18.0 Å². The number of benzene rings is 2. The van der Waals surface area contributed by atoms with Crippen molar-refractivity contribution in [3.8, 4) is 0 Å². The van der Waals surface area contributed by atoms with E-state index in [0.717, 1.165) is 34.3 Å². The molecule has 0 radical (unpaired) electrons. The Bertz CT molecular complexity index is 1230. The summed E-state index contributed by atoms with van der Waals surface area (Å²) in [5.74, 6) is -0.544. The Kier molecular flexibility index (Phi) is 6.49. The molecule has 1 N–H and O–H groups in total. The first-order valence-electron chi connectivity index (χ1n) is 10.7. The van der Waals surface area contributed by atoms with Gasteiger partial charge in [-0.3, -0.25) is 9.78 Å². The van der Waals surface area contributed by atoms with Gasteiger partial charge in [-0.15, -0.1) is 0 Å². The predicted molar refractivity (Wildman–Crippen MR) is 122 cm³/mol. The van der Waals surface area contributed by atoms with E-state index >= 15 is 0 Å². The zero-order valence-electron chi connectivity index (χ0n) is 18.1. The minimum Gasteiger partial charge on any atom is -0.356 e. The van der Waals surface area contributed by atoms with E-state index in [-0.39, 0.29) is 18.2 Å². The van der Waals surface area contributed by atoms with Gasteiger partial charge in [0.25, 0.3) is 0 Å². The number of hydrogen-bond acceptors (Lipinski definition) is 2. The molecule has 1 unspecified atom stereocenters. The quantitative estimate of drug-likeness (QED) is 0.405. The number of carbonyl (C=O) groups is 1. The molecule has 0 aliphatic heterocycles. The first kappa shape index (κ1) is 22.6. The van der Waals surface area contributed by atoms with Crippen LogP contribution in [-0.4, -0.2) is 22.0 Å². The van der Waals surface area contributed by atoms with E-state index in [1.54, 1.807) is 6.20 Å². The van der Waals surface area contributed by atoms with Crippen molar-refractivity contribution in [3.05, 3.63) is 102 Å². The standard InChI is InChI=1S/C26H24F3N3O/c1-32-17-23(21-7-2-3-8-24(21)32)22(18-9-11-19(12-10-18)26(27,28)29)16-25(33)31-15-13-20-6-4-5-14-30-20/h2-12,14,17,22H,13,15-16H2,1H3,(H,31,33). The number of para-hydroxylation sites is 1. The number of fused-ring (bicyclic) bond motifs is 1. The second-order valence-electron chi connectivity index (χ2n) is 8.01. The number of rotatable bonds is 7. The lowest BCUT2D eigenvalue weighted by molar-refractivity contribution is -0.137. The van der Waals surface area contributed by atoms with Crippen LogP contribution >= 0.6 is 0 Å². The summed E-state index contributed by atoms with van der Waals surface area (Å²) in [4.78, 5) is 17.1. The van der Waals surface area contributed by atoms with Gasteiger partial charge < -0.3 is 9.88 Å². The van der Waals surface area contributed by atoms with Crippen LogP contribution in [0.15, 0.2) is 79.1 Å². The number of hydrogen-bond donors (Lipinski definition) is 1. The summed E-state index contributed by atoms with van der Waals surface area (Å²) in [6.07, 6.45) is -0.0177. The van der Waals surface area contributed by atoms with Crippen LogP contribution in [-0.2, 0) is 24.4 Å². The maximum Gasteiger partial charge on any atom is 0.416 e. The average molecular weight is 451 g/mol. The molecule has 170 valence electrons. The second kappa shape index (κ2) is 9.48. The molecule has 1 amide bonds. The van der Waals surface area contributed by atoms with Gasteiger partial charge in [-0.2, -0.15) is 13.2 Å². The summed E-state index contributed by atoms with van der Waals surface area (Å²) < 4.78 is 41.2. The van der Waals surface area contributed by atoms with Crippen LogP contribution in [0.4, 0.5) is 13.2 Å². The van der Waals surface area contributed by atoms with E-state index in [1.165, 1.54) is 12.1 Å². The van der Waals surface area contributed by atoms with Crippen molar-refractivity contribution >= 4 is 16.8 Å². The highest BCUT2D eigenvalue weighted by molar-refractivity contribution is 5.86. The van der Waals surface area contributed by atoms with Gasteiger partial charge in [0.05, 0.1) is 5.56 Å². The van der Waals surface area contributed by atoms with Crippen molar-refractivity contribution in [1.82, 2.24) is 14.9 Å². The Morgan fingerprint density at radius 2 is 1.76 bits per heavy atom. The van der Waals surface area contributed by atoms with Crippen LogP contribution in [0.1, 0.15) is 34.7 Å². The van der Waals surface area contributed by atoms with Crippen molar-refractivity contribution < 1.29 is 18.0 Å². The van der Waals surface area contributed by atoms with Gasteiger partial charge in [0.15, 0.2) is 0 Å². The van der Waals surface area contributed by atoms with Gasteiger partial charge in [0, 0.05) is 61.3 Å². The van der Waals surface area contributed by atoms with Crippen LogP contribution < -0.4 is 5.32 Å². The summed E-state index contributed by atoms with van der Waals surface area (Å²) >= 11 is 0. The molecule has 2 aromatic heterocycles. The van der Waals surface area contributed by atoms with Crippen LogP contribution in [0.25, 0.3) is 10.9 Å². The lowest BCUT2D eigenvalue weighted by Gasteiger charge is -2.18. The zero-order chi connectivity index (χ0) is 23.4. The molecular formula is C26H24F3N3O. The predicted octanol–water partition coefficient (Wildman–Crippen LogP) is 5.47. The molecule has 0 spiro atoms. The monoisotopic (exact) mass is 451 g/mol. The van der Waals surface area contributed by atoms with Gasteiger partial charge in [0.2, 0.25) is 5.91 Å². The van der Waals surface area contributed by atoms with Crippen LogP contribution in [0.3, 0.4) is 0 Å². The fourth-order valence-electron chi connectivity index (χ4n) is 4.10. The average Bonchev–Trinajstić information content (AvgIpc) is 3.14. The Hall–Kier alpha value is -3.61. The van der Waals surface area contributed by atoms with Crippen LogP contribution in [0.5, 0.6) is 0 Å². The van der Waals surface area contributed by atoms with Crippen molar-refractivity contribution in [2.45, 2.75) is 24.9 Å². The van der Waals surface area contributed by atoms with E-state index < -0.39 is 11.7 Å². The maximum absolute atomic E-state index is 13.1. The summed E-state index contributed by atoms with van der Waals surface area (Å²) in [6.45, 7) is 0.436. The molecule has 4 aromatic rings. The molecule has 0 bridgehead atoms. The fourth-order valence-corrected chi connectivity index (χ4v) is 4.10. The third kappa shape index (κ3) is 5.25. The van der Waals surface area contributed by atoms with Gasteiger partial charge in [0.1, 0.15) is 0 Å². The summed E-state index contributed by atoms with van der Waals surface area (Å²) in [6, 6.07) is 18.5. The molecule has 4 nitrogen and oxygen atoms in total. The molecule has 0 saturated carbocycles. The number of pyridine rings is 1. The highest BCUT2D eigenvalue weighted by atomic mass is 19.4. The van der Waals surface area contributed by atoms with Crippen molar-refractivity contribution in [2.75, 3.05) is 6.54 Å². The largest absolute Gasteiger partial charge is 0.416 e. The Labute approximate surface area is 190 Å². The number of nitrogens with zero attached hydrogens (tertiary/aromatic N) is 2. The molecule has 33 heavy (non-hydrogen) atoms. The van der Waals surface area contributed by atoms with Crippen molar-refractivity contribution in [1.29, 1.82) is 0 Å². The smallest absolute Gasteiger partial charge is 0.356 e. The zero-order valence-corrected chi connectivity index (χ0v) is 18.1. The first-order chi connectivity index (χ1) is 15.8. The van der Waals surface area contributed by atoms with Gasteiger partial charge >= 0.3 is 6.18 Å². The number of aryl methyl sites for hydroxylation is 1. The second-order valence-corrected chi connectivity index (χ2v) is 8.01. The van der Waals surface area contributed by atoms with Crippen LogP contribution in [0, 0.1) is 0 Å². The molecule has 0 aliphatic rings. The van der Waals surface area contributed by atoms with Gasteiger partial charge in [-0.05, 0) is 41.5 Å². The van der Waals surface area contributed by atoms with Crippen molar-refractivity contribution in [2.24, 2.45) is 7.05 Å². The molecule has 0 aliphatic carbocycles. The minimum absolute atomic E-state index is 0.127. The Balaban J connectivity index is 1.59. The van der Waals surface area contributed by atoms with E-state index in [0.29, 0.717) is 18.5 Å². The van der Waals surface area contributed by atoms with E-state index in [1.807, 2.05) is 60.3 Å². The molecule has 2 heterocycles. The van der Waals surface area contributed by atoms with E-state index in [4.69, 9.17) is 0 Å². The number of amides is 1. The third-order valence-electron chi connectivity index (χ3n) is 5.76. The number of halogens is 3. The Morgan fingerprint density at radius 3 is 2.45 bits per heavy atom. The summed E-state index contributed by atoms with van der Waals surface area (Å²) in [7, 11) is 1.92. The third-order valence-corrected chi connectivity index (χ3v) is 5.76. The number of nitrogens with one attached hydrogen (secondary N) is 1. The SMILES string of the molecule is Cn1cc(C(CC(=O)NCCc2ccccn2)c2ccc(C(F)(F)F)cc2)c2ccccc21. The van der Waals surface area contributed by atoms with Gasteiger partial charge in [-0.1, -0.05) is 36.4 Å². The lowest BCUT2D eigenvalue weighted by atomic mass is 9.87. The molecule has 7 heteroatoms. The fraction of sp³-hybridized carbons (Fsp3) is 0.231. The normalized spacial score (nSPS) is 12.6. The molecule has 4 rings (SSSR count).